The average Bonchev–Trinajstić information content (AvgIpc) is 3.62. The summed E-state index contributed by atoms with van der Waals surface area (Å²) in [6.45, 7) is 10.0. The zero-order valence-corrected chi connectivity index (χ0v) is 27.6. The fourth-order valence-corrected chi connectivity index (χ4v) is 11.3. The summed E-state index contributed by atoms with van der Waals surface area (Å²) in [7, 11) is 0. The molecule has 2 bridgehead atoms. The number of urea groups is 1. The Morgan fingerprint density at radius 3 is 2.42 bits per heavy atom. The van der Waals surface area contributed by atoms with Crippen LogP contribution in [0.3, 0.4) is 0 Å². The number of hydrogen-bond donors (Lipinski definition) is 3. The van der Waals surface area contributed by atoms with Gasteiger partial charge in [0.1, 0.15) is 0 Å². The topological polar surface area (TPSA) is 99.1 Å². The molecule has 9 unspecified atom stereocenters. The van der Waals surface area contributed by atoms with E-state index >= 15 is 0 Å². The van der Waals surface area contributed by atoms with Crippen molar-refractivity contribution in [2.24, 2.45) is 33.5 Å². The Balaban J connectivity index is 1.30. The second-order valence-electron chi connectivity index (χ2n) is 16.1. The lowest BCUT2D eigenvalue weighted by molar-refractivity contribution is -0.175. The molecule has 1 saturated heterocycles. The number of fused-ring (bicyclic) bond motifs is 1. The molecule has 2 amide bonds. The summed E-state index contributed by atoms with van der Waals surface area (Å²) in [5.41, 5.74) is -0.988. The SMILES string of the molecule is CC(C)NC(=O)N(CC1CCCO1)CC1(O)CCC2C34C=CC5(C=C3C(=O)c3ccccc3)CC(O)CCC5(C)C4CCC21C. The average molecular weight is 617 g/mol. The second kappa shape index (κ2) is 10.8. The number of ketones is 1. The molecule has 1 heterocycles. The van der Waals surface area contributed by atoms with Crippen molar-refractivity contribution in [1.29, 1.82) is 0 Å². The van der Waals surface area contributed by atoms with E-state index in [2.05, 4.69) is 37.4 Å². The Kier molecular flexibility index (Phi) is 7.46. The van der Waals surface area contributed by atoms with Crippen LogP contribution < -0.4 is 5.32 Å². The number of carbonyl (C=O) groups excluding carboxylic acids is 2. The lowest BCUT2D eigenvalue weighted by Gasteiger charge is -2.71. The largest absolute Gasteiger partial charge is 0.393 e. The molecule has 9 atom stereocenters. The summed E-state index contributed by atoms with van der Waals surface area (Å²) in [4.78, 5) is 30.0. The van der Waals surface area contributed by atoms with Crippen molar-refractivity contribution < 1.29 is 24.5 Å². The van der Waals surface area contributed by atoms with Crippen molar-refractivity contribution in [3.63, 3.8) is 0 Å². The summed E-state index contributed by atoms with van der Waals surface area (Å²) in [6.07, 6.45) is 14.0. The Labute approximate surface area is 268 Å². The maximum Gasteiger partial charge on any atom is 0.317 e. The third-order valence-corrected chi connectivity index (χ3v) is 13.6. The second-order valence-corrected chi connectivity index (χ2v) is 16.1. The highest BCUT2D eigenvalue weighted by Crippen LogP contribution is 2.78. The van der Waals surface area contributed by atoms with Crippen molar-refractivity contribution in [2.75, 3.05) is 19.7 Å². The van der Waals surface area contributed by atoms with Gasteiger partial charge in [-0.25, -0.2) is 4.79 Å². The van der Waals surface area contributed by atoms with Gasteiger partial charge in [-0.05, 0) is 88.9 Å². The standard InChI is InChI=1S/C38H52N2O5/c1-25(2)39-33(43)40(23-28-11-8-20-45-28)24-37(44)17-14-31-35(37,4)16-13-30-34(3)15-12-27(41)21-36(34)18-19-38(30,31)29(22-36)32(42)26-9-6-5-7-10-26/h5-7,9-10,18-19,22,25,27-28,30-31,41,44H,8,11-17,20-21,23-24H2,1-4H3,(H,39,43). The molecule has 7 nitrogen and oxygen atoms in total. The van der Waals surface area contributed by atoms with Gasteiger partial charge in [0.05, 0.1) is 24.4 Å². The van der Waals surface area contributed by atoms with Crippen LogP contribution in [0.25, 0.3) is 0 Å². The van der Waals surface area contributed by atoms with E-state index in [9.17, 15) is 19.8 Å². The maximum absolute atomic E-state index is 14.6. The number of nitrogens with one attached hydrogen (secondary N) is 1. The normalized spacial score (nSPS) is 43.0. The third kappa shape index (κ3) is 4.46. The predicted octanol–water partition coefficient (Wildman–Crippen LogP) is 6.06. The van der Waals surface area contributed by atoms with Gasteiger partial charge in [-0.1, -0.05) is 62.4 Å². The van der Waals surface area contributed by atoms with Crippen molar-refractivity contribution in [3.05, 3.63) is 59.7 Å². The van der Waals surface area contributed by atoms with Crippen LogP contribution in [-0.2, 0) is 4.74 Å². The van der Waals surface area contributed by atoms with Crippen LogP contribution in [0.5, 0.6) is 0 Å². The first-order valence-electron chi connectivity index (χ1n) is 17.5. The molecule has 1 aromatic rings. The number of nitrogens with zero attached hydrogens (tertiary/aromatic N) is 1. The van der Waals surface area contributed by atoms with Gasteiger partial charge in [-0.3, -0.25) is 4.79 Å². The number of ether oxygens (including phenoxy) is 1. The van der Waals surface area contributed by atoms with Crippen LogP contribution in [0.4, 0.5) is 4.79 Å². The number of allylic oxidation sites excluding steroid dienone is 4. The number of amides is 2. The fourth-order valence-electron chi connectivity index (χ4n) is 11.3. The zero-order chi connectivity index (χ0) is 31.8. The number of hydrogen-bond acceptors (Lipinski definition) is 5. The summed E-state index contributed by atoms with van der Waals surface area (Å²) >= 11 is 0. The van der Waals surface area contributed by atoms with Gasteiger partial charge in [-0.15, -0.1) is 0 Å². The van der Waals surface area contributed by atoms with Gasteiger partial charge in [0.25, 0.3) is 0 Å². The van der Waals surface area contributed by atoms with Gasteiger partial charge in [0.15, 0.2) is 5.78 Å². The summed E-state index contributed by atoms with van der Waals surface area (Å²) in [6, 6.07) is 9.46. The molecule has 45 heavy (non-hydrogen) atoms. The first-order chi connectivity index (χ1) is 21.4. The molecule has 6 aliphatic carbocycles. The minimum atomic E-state index is -1.10. The highest BCUT2D eigenvalue weighted by atomic mass is 16.5. The molecule has 2 spiro atoms. The molecule has 7 aliphatic rings. The number of carbonyl (C=O) groups is 2. The Morgan fingerprint density at radius 1 is 1.00 bits per heavy atom. The molecule has 0 aromatic heterocycles. The molecule has 244 valence electrons. The Morgan fingerprint density at radius 2 is 1.71 bits per heavy atom. The molecule has 1 aliphatic heterocycles. The molecule has 8 rings (SSSR count). The monoisotopic (exact) mass is 616 g/mol. The van der Waals surface area contributed by atoms with E-state index in [0.717, 1.165) is 50.5 Å². The first-order valence-corrected chi connectivity index (χ1v) is 17.5. The van der Waals surface area contributed by atoms with E-state index in [1.807, 2.05) is 49.1 Å². The van der Waals surface area contributed by atoms with E-state index in [1.165, 1.54) is 0 Å². The first kappa shape index (κ1) is 31.1. The summed E-state index contributed by atoms with van der Waals surface area (Å²) < 4.78 is 5.95. The van der Waals surface area contributed by atoms with E-state index in [4.69, 9.17) is 4.74 Å². The van der Waals surface area contributed by atoms with Gasteiger partial charge in [0, 0.05) is 46.6 Å². The van der Waals surface area contributed by atoms with Crippen LogP contribution in [0.2, 0.25) is 0 Å². The van der Waals surface area contributed by atoms with E-state index in [0.29, 0.717) is 31.6 Å². The molecule has 4 fully saturated rings. The van der Waals surface area contributed by atoms with Gasteiger partial charge in [-0.2, -0.15) is 0 Å². The Hall–Kier alpha value is -2.48. The number of aliphatic hydroxyl groups is 2. The molecule has 0 radical (unpaired) electrons. The van der Waals surface area contributed by atoms with Crippen molar-refractivity contribution in [3.8, 4) is 0 Å². The lowest BCUT2D eigenvalue weighted by atomic mass is 9.32. The fraction of sp³-hybridized carbons (Fsp3) is 0.684. The van der Waals surface area contributed by atoms with E-state index in [1.54, 1.807) is 0 Å². The smallest absolute Gasteiger partial charge is 0.317 e. The van der Waals surface area contributed by atoms with Crippen molar-refractivity contribution >= 4 is 11.8 Å². The van der Waals surface area contributed by atoms with Gasteiger partial charge < -0.3 is 25.2 Å². The Bertz CT molecular complexity index is 1400. The molecule has 1 aromatic carbocycles. The molecular formula is C38H52N2O5. The van der Waals surface area contributed by atoms with Crippen LogP contribution in [0, 0.1) is 33.5 Å². The quantitative estimate of drug-likeness (QED) is 0.256. The van der Waals surface area contributed by atoms with Crippen molar-refractivity contribution in [1.82, 2.24) is 10.2 Å². The number of Topliss-reactive ketones (excluding diaryl/α,β-unsaturated/α-hetero) is 1. The molecule has 3 N–H and O–H groups in total. The molecule has 3 saturated carbocycles. The molecule has 7 heteroatoms. The number of benzene rings is 1. The maximum atomic E-state index is 14.6. The predicted molar refractivity (Wildman–Crippen MR) is 174 cm³/mol. The zero-order valence-electron chi connectivity index (χ0n) is 27.6. The highest BCUT2D eigenvalue weighted by molar-refractivity contribution is 6.10. The van der Waals surface area contributed by atoms with Crippen molar-refractivity contribution in [2.45, 2.75) is 109 Å². The van der Waals surface area contributed by atoms with Gasteiger partial charge >= 0.3 is 6.03 Å². The van der Waals surface area contributed by atoms with Gasteiger partial charge in [0.2, 0.25) is 0 Å². The minimum Gasteiger partial charge on any atom is -0.393 e. The summed E-state index contributed by atoms with van der Waals surface area (Å²) in [5.74, 6) is 0.355. The van der Waals surface area contributed by atoms with Crippen LogP contribution in [0.1, 0.15) is 95.8 Å². The van der Waals surface area contributed by atoms with Crippen LogP contribution in [-0.4, -0.2) is 70.5 Å². The van der Waals surface area contributed by atoms with Crippen LogP contribution in [0.15, 0.2) is 54.1 Å². The highest BCUT2D eigenvalue weighted by Gasteiger charge is 2.74. The minimum absolute atomic E-state index is 0.0123. The van der Waals surface area contributed by atoms with Crippen LogP contribution >= 0.6 is 0 Å². The van der Waals surface area contributed by atoms with E-state index < -0.39 is 16.4 Å². The number of rotatable bonds is 7. The molecular weight excluding hydrogens is 564 g/mol. The third-order valence-electron chi connectivity index (χ3n) is 13.6. The van der Waals surface area contributed by atoms with E-state index in [-0.39, 0.29) is 59.3 Å². The summed E-state index contributed by atoms with van der Waals surface area (Å²) in [5, 5.41) is 26.8. The lowest BCUT2D eigenvalue weighted by Crippen LogP contribution is -2.67. The number of aliphatic hydroxyl groups excluding tert-OH is 1.